The molecule has 6 nitrogen and oxygen atoms in total. The SMILES string of the molecule is COc1cc(/C=C/C(=O)NCCCOC2CCCCC2)ccc1OCC#N. The number of hydrogen-bond acceptors (Lipinski definition) is 5. The minimum absolute atomic E-state index is 0.0432. The molecule has 1 N–H and O–H groups in total. The van der Waals surface area contributed by atoms with E-state index in [0.717, 1.165) is 12.0 Å². The molecule has 0 bridgehead atoms. The molecule has 1 aliphatic rings. The molecule has 27 heavy (non-hydrogen) atoms. The zero-order chi connectivity index (χ0) is 19.3. The Morgan fingerprint density at radius 2 is 2.11 bits per heavy atom. The molecule has 0 saturated heterocycles. The Morgan fingerprint density at radius 3 is 2.85 bits per heavy atom. The van der Waals surface area contributed by atoms with E-state index >= 15 is 0 Å². The summed E-state index contributed by atoms with van der Waals surface area (Å²) in [5.41, 5.74) is 0.812. The number of carbonyl (C=O) groups excluding carboxylic acids is 1. The molecule has 0 spiro atoms. The van der Waals surface area contributed by atoms with Crippen LogP contribution in [-0.4, -0.2) is 38.9 Å². The van der Waals surface area contributed by atoms with E-state index < -0.39 is 0 Å². The molecule has 0 radical (unpaired) electrons. The summed E-state index contributed by atoms with van der Waals surface area (Å²) in [5, 5.41) is 11.4. The van der Waals surface area contributed by atoms with Gasteiger partial charge in [0.15, 0.2) is 18.1 Å². The Labute approximate surface area is 161 Å². The van der Waals surface area contributed by atoms with Gasteiger partial charge in [0.05, 0.1) is 13.2 Å². The van der Waals surface area contributed by atoms with E-state index in [1.807, 2.05) is 6.07 Å². The van der Waals surface area contributed by atoms with Crippen LogP contribution in [0.4, 0.5) is 0 Å². The number of nitrogens with zero attached hydrogens (tertiary/aromatic N) is 1. The van der Waals surface area contributed by atoms with Crippen molar-refractivity contribution < 1.29 is 19.0 Å². The van der Waals surface area contributed by atoms with Crippen LogP contribution in [0.1, 0.15) is 44.1 Å². The second-order valence-electron chi connectivity index (χ2n) is 6.47. The summed E-state index contributed by atoms with van der Waals surface area (Å²) in [4.78, 5) is 11.9. The van der Waals surface area contributed by atoms with Crippen molar-refractivity contribution in [3.63, 3.8) is 0 Å². The molecule has 0 aliphatic heterocycles. The largest absolute Gasteiger partial charge is 0.493 e. The molecule has 1 aromatic carbocycles. The van der Waals surface area contributed by atoms with E-state index in [2.05, 4.69) is 5.32 Å². The van der Waals surface area contributed by atoms with E-state index in [0.29, 0.717) is 30.8 Å². The molecule has 1 aromatic rings. The summed E-state index contributed by atoms with van der Waals surface area (Å²) in [6, 6.07) is 7.20. The maximum absolute atomic E-state index is 11.9. The molecular formula is C21H28N2O4. The van der Waals surface area contributed by atoms with E-state index in [9.17, 15) is 4.79 Å². The van der Waals surface area contributed by atoms with Crippen LogP contribution >= 0.6 is 0 Å². The minimum atomic E-state index is -0.142. The van der Waals surface area contributed by atoms with Crippen LogP contribution in [0.15, 0.2) is 24.3 Å². The van der Waals surface area contributed by atoms with Crippen molar-refractivity contribution >= 4 is 12.0 Å². The van der Waals surface area contributed by atoms with Crippen molar-refractivity contribution in [2.75, 3.05) is 26.9 Å². The lowest BCUT2D eigenvalue weighted by atomic mass is 9.98. The summed E-state index contributed by atoms with van der Waals surface area (Å²) >= 11 is 0. The molecular weight excluding hydrogens is 344 g/mol. The third kappa shape index (κ3) is 7.71. The highest BCUT2D eigenvalue weighted by atomic mass is 16.5. The van der Waals surface area contributed by atoms with Gasteiger partial charge in [-0.3, -0.25) is 4.79 Å². The van der Waals surface area contributed by atoms with Crippen LogP contribution in [0.25, 0.3) is 6.08 Å². The van der Waals surface area contributed by atoms with Crippen molar-refractivity contribution in [1.29, 1.82) is 5.26 Å². The first-order valence-electron chi connectivity index (χ1n) is 9.48. The maximum atomic E-state index is 11.9. The van der Waals surface area contributed by atoms with Crippen molar-refractivity contribution in [3.05, 3.63) is 29.8 Å². The lowest BCUT2D eigenvalue weighted by molar-refractivity contribution is -0.116. The van der Waals surface area contributed by atoms with E-state index in [1.54, 1.807) is 24.3 Å². The van der Waals surface area contributed by atoms with Gasteiger partial charge in [-0.15, -0.1) is 0 Å². The number of amides is 1. The molecule has 0 atom stereocenters. The zero-order valence-electron chi connectivity index (χ0n) is 15.9. The Morgan fingerprint density at radius 1 is 1.30 bits per heavy atom. The van der Waals surface area contributed by atoms with Crippen molar-refractivity contribution in [2.24, 2.45) is 0 Å². The number of methoxy groups -OCH3 is 1. The van der Waals surface area contributed by atoms with Gasteiger partial charge in [0.1, 0.15) is 6.07 Å². The van der Waals surface area contributed by atoms with Gasteiger partial charge in [0.2, 0.25) is 5.91 Å². The van der Waals surface area contributed by atoms with Gasteiger partial charge in [-0.05, 0) is 43.0 Å². The third-order valence-electron chi connectivity index (χ3n) is 4.43. The maximum Gasteiger partial charge on any atom is 0.244 e. The summed E-state index contributed by atoms with van der Waals surface area (Å²) in [5.74, 6) is 0.878. The van der Waals surface area contributed by atoms with Crippen LogP contribution < -0.4 is 14.8 Å². The van der Waals surface area contributed by atoms with Crippen molar-refractivity contribution in [2.45, 2.75) is 44.6 Å². The van der Waals surface area contributed by atoms with Crippen molar-refractivity contribution in [3.8, 4) is 17.6 Å². The van der Waals surface area contributed by atoms with Crippen LogP contribution in [0, 0.1) is 11.3 Å². The standard InChI is InChI=1S/C21H28N2O4/c1-25-20-16-17(8-10-19(20)27-15-12-22)9-11-21(24)23-13-5-14-26-18-6-3-2-4-7-18/h8-11,16,18H,2-7,13-15H2,1H3,(H,23,24)/b11-9+. The first kappa shape index (κ1) is 20.8. The number of nitrogens with one attached hydrogen (secondary N) is 1. The molecule has 1 fully saturated rings. The number of benzene rings is 1. The molecule has 1 aliphatic carbocycles. The monoisotopic (exact) mass is 372 g/mol. The smallest absolute Gasteiger partial charge is 0.244 e. The Balaban J connectivity index is 1.69. The first-order valence-corrected chi connectivity index (χ1v) is 9.48. The molecule has 0 aromatic heterocycles. The predicted octanol–water partition coefficient (Wildman–Crippen LogP) is 3.47. The topological polar surface area (TPSA) is 80.6 Å². The fourth-order valence-electron chi connectivity index (χ4n) is 3.01. The van der Waals surface area contributed by atoms with Crippen LogP contribution in [0.2, 0.25) is 0 Å². The fraction of sp³-hybridized carbons (Fsp3) is 0.524. The van der Waals surface area contributed by atoms with Gasteiger partial charge in [-0.1, -0.05) is 25.3 Å². The number of hydrogen-bond donors (Lipinski definition) is 1. The molecule has 6 heteroatoms. The lowest BCUT2D eigenvalue weighted by Crippen LogP contribution is -2.24. The van der Waals surface area contributed by atoms with Gasteiger partial charge < -0.3 is 19.5 Å². The second-order valence-corrected chi connectivity index (χ2v) is 6.47. The first-order chi connectivity index (χ1) is 13.2. The number of nitriles is 1. The number of rotatable bonds is 10. The minimum Gasteiger partial charge on any atom is -0.493 e. The van der Waals surface area contributed by atoms with Gasteiger partial charge in [0, 0.05) is 19.2 Å². The quantitative estimate of drug-likeness (QED) is 0.502. The number of carbonyl (C=O) groups is 1. The van der Waals surface area contributed by atoms with Crippen LogP contribution in [0.5, 0.6) is 11.5 Å². The predicted molar refractivity (Wildman–Crippen MR) is 104 cm³/mol. The summed E-state index contributed by atoms with van der Waals surface area (Å²) in [6.45, 7) is 1.24. The molecule has 1 amide bonds. The number of ether oxygens (including phenoxy) is 3. The Bertz CT molecular complexity index is 661. The fourth-order valence-corrected chi connectivity index (χ4v) is 3.01. The van der Waals surface area contributed by atoms with Gasteiger partial charge in [-0.2, -0.15) is 5.26 Å². The van der Waals surface area contributed by atoms with E-state index in [4.69, 9.17) is 19.5 Å². The van der Waals surface area contributed by atoms with Gasteiger partial charge in [0.25, 0.3) is 0 Å². The summed E-state index contributed by atoms with van der Waals surface area (Å²) in [6.07, 6.45) is 10.6. The van der Waals surface area contributed by atoms with Gasteiger partial charge >= 0.3 is 0 Å². The summed E-state index contributed by atoms with van der Waals surface area (Å²) < 4.78 is 16.4. The van der Waals surface area contributed by atoms with E-state index in [1.165, 1.54) is 45.3 Å². The molecule has 146 valence electrons. The van der Waals surface area contributed by atoms with Gasteiger partial charge in [-0.25, -0.2) is 0 Å². The summed E-state index contributed by atoms with van der Waals surface area (Å²) in [7, 11) is 1.53. The normalized spacial score (nSPS) is 14.7. The average Bonchev–Trinajstić information content (AvgIpc) is 2.71. The third-order valence-corrected chi connectivity index (χ3v) is 4.43. The highest BCUT2D eigenvalue weighted by Gasteiger charge is 2.13. The zero-order valence-corrected chi connectivity index (χ0v) is 15.9. The average molecular weight is 372 g/mol. The van der Waals surface area contributed by atoms with Crippen LogP contribution in [-0.2, 0) is 9.53 Å². The molecule has 2 rings (SSSR count). The van der Waals surface area contributed by atoms with E-state index in [-0.39, 0.29) is 12.5 Å². The highest BCUT2D eigenvalue weighted by molar-refractivity contribution is 5.91. The van der Waals surface area contributed by atoms with Crippen molar-refractivity contribution in [1.82, 2.24) is 5.32 Å². The molecule has 0 heterocycles. The lowest BCUT2D eigenvalue weighted by Gasteiger charge is -2.21. The Hall–Kier alpha value is -2.52. The molecule has 0 unspecified atom stereocenters. The second kappa shape index (κ2) is 12.0. The Kier molecular flexibility index (Phi) is 9.22. The highest BCUT2D eigenvalue weighted by Crippen LogP contribution is 2.28. The van der Waals surface area contributed by atoms with Crippen LogP contribution in [0.3, 0.4) is 0 Å². The molecule has 1 saturated carbocycles.